The van der Waals surface area contributed by atoms with E-state index in [1.54, 1.807) is 37.4 Å². The number of carbonyl (C=O) groups is 4. The van der Waals surface area contributed by atoms with Gasteiger partial charge in [0.15, 0.2) is 0 Å². The number of hydrogen-bond acceptors (Lipinski definition) is 9. The summed E-state index contributed by atoms with van der Waals surface area (Å²) in [5.74, 6) is -1.88. The zero-order valence-electron chi connectivity index (χ0n) is 23.9. The summed E-state index contributed by atoms with van der Waals surface area (Å²) in [5, 5.41) is 30.6. The molecule has 3 rings (SSSR count). The molecule has 0 saturated heterocycles. The lowest BCUT2D eigenvalue weighted by Gasteiger charge is -2.30. The van der Waals surface area contributed by atoms with Crippen LogP contribution in [-0.2, 0) is 25.6 Å². The van der Waals surface area contributed by atoms with Crippen LogP contribution in [0.4, 0.5) is 0 Å². The first-order chi connectivity index (χ1) is 20.1. The molecule has 7 N–H and O–H groups in total. The van der Waals surface area contributed by atoms with Gasteiger partial charge >= 0.3 is 0 Å². The molecule has 0 aromatic heterocycles. The number of nitrogens with two attached hydrogens (primary N) is 1. The molecule has 0 unspecified atom stereocenters. The molecular formula is C29H37N7O6. The molecule has 0 radical (unpaired) electrons. The number of fused-ring (bicyclic) bond motifs is 5. The number of nitriles is 1. The summed E-state index contributed by atoms with van der Waals surface area (Å²) >= 11 is 0. The second-order valence-corrected chi connectivity index (χ2v) is 9.88. The van der Waals surface area contributed by atoms with Gasteiger partial charge in [-0.25, -0.2) is 0 Å². The van der Waals surface area contributed by atoms with Crippen LogP contribution in [0.1, 0.15) is 30.5 Å². The number of nitrogens with one attached hydrogen (secondary N) is 4. The second-order valence-electron chi connectivity index (χ2n) is 9.88. The van der Waals surface area contributed by atoms with Gasteiger partial charge in [-0.05, 0) is 49.4 Å². The Morgan fingerprint density at radius 1 is 1.17 bits per heavy atom. The van der Waals surface area contributed by atoms with Crippen LogP contribution in [0, 0.1) is 11.3 Å². The maximum Gasteiger partial charge on any atom is 0.248 e. The molecule has 13 heteroatoms. The first-order valence-electron chi connectivity index (χ1n) is 13.6. The van der Waals surface area contributed by atoms with Crippen LogP contribution >= 0.6 is 0 Å². The van der Waals surface area contributed by atoms with E-state index in [9.17, 15) is 24.3 Å². The third kappa shape index (κ3) is 7.74. The van der Waals surface area contributed by atoms with Crippen molar-refractivity contribution >= 4 is 23.6 Å². The molecule has 1 heterocycles. The molecule has 13 nitrogen and oxygen atoms in total. The van der Waals surface area contributed by atoms with E-state index >= 15 is 0 Å². The van der Waals surface area contributed by atoms with E-state index in [-0.39, 0.29) is 44.2 Å². The fourth-order valence-corrected chi connectivity index (χ4v) is 4.60. The average molecular weight is 580 g/mol. The maximum atomic E-state index is 13.7. The van der Waals surface area contributed by atoms with Crippen molar-refractivity contribution in [3.63, 3.8) is 0 Å². The van der Waals surface area contributed by atoms with E-state index in [2.05, 4.69) is 21.3 Å². The summed E-state index contributed by atoms with van der Waals surface area (Å²) in [6, 6.07) is 8.20. The topological polar surface area (TPSA) is 199 Å². The Bertz CT molecular complexity index is 1360. The van der Waals surface area contributed by atoms with Crippen LogP contribution in [0.15, 0.2) is 36.4 Å². The first-order valence-corrected chi connectivity index (χ1v) is 13.6. The monoisotopic (exact) mass is 579 g/mol. The van der Waals surface area contributed by atoms with E-state index in [1.807, 2.05) is 6.07 Å². The van der Waals surface area contributed by atoms with Crippen LogP contribution < -0.4 is 31.7 Å². The fraction of sp³-hybridized carbons (Fsp3) is 0.414. The predicted molar refractivity (Wildman–Crippen MR) is 154 cm³/mol. The molecule has 0 spiro atoms. The average Bonchev–Trinajstić information content (AvgIpc) is 2.97. The second kappa shape index (κ2) is 14.8. The summed E-state index contributed by atoms with van der Waals surface area (Å²) < 4.78 is 5.85. The number of rotatable bonds is 9. The summed E-state index contributed by atoms with van der Waals surface area (Å²) in [6.45, 7) is 2.02. The van der Waals surface area contributed by atoms with Gasteiger partial charge in [0.2, 0.25) is 23.6 Å². The van der Waals surface area contributed by atoms with Crippen molar-refractivity contribution in [1.29, 1.82) is 5.26 Å². The smallest absolute Gasteiger partial charge is 0.248 e. The normalized spacial score (nSPS) is 18.5. The molecule has 0 fully saturated rings. The molecule has 2 aromatic carbocycles. The number of ether oxygens (including phenoxy) is 1. The standard InChI is InChI=1S/C29H37N7O6/c1-17-27(39)35-22(28(40)33-12-9-30)15-18-4-7-24(42-13-10-31)21(14-18)20-16-19(5-6-23(20)37)26(29(41)34-17)36(3)25(38)8-11-32-2/h4-7,14,16-17,22,26,32,37H,8,10-13,15,31H2,1-3H3,(H,33,40)(H,34,41)(H,35,39)/t17-,22-,26-/m0/s1. The highest BCUT2D eigenvalue weighted by Gasteiger charge is 2.33. The van der Waals surface area contributed by atoms with Gasteiger partial charge in [-0.3, -0.25) is 19.2 Å². The highest BCUT2D eigenvalue weighted by atomic mass is 16.5. The fourth-order valence-electron chi connectivity index (χ4n) is 4.60. The Balaban J connectivity index is 2.22. The van der Waals surface area contributed by atoms with E-state index in [0.717, 1.165) is 0 Å². The molecular weight excluding hydrogens is 542 g/mol. The number of carbonyl (C=O) groups excluding carboxylic acids is 4. The molecule has 1 aliphatic rings. The maximum absolute atomic E-state index is 13.7. The molecule has 3 atom stereocenters. The lowest BCUT2D eigenvalue weighted by Crippen LogP contribution is -2.55. The van der Waals surface area contributed by atoms with Crippen LogP contribution in [-0.4, -0.2) is 86.1 Å². The minimum absolute atomic E-state index is 0.0413. The van der Waals surface area contributed by atoms with Gasteiger partial charge in [0.25, 0.3) is 0 Å². The van der Waals surface area contributed by atoms with Gasteiger partial charge in [0.05, 0.1) is 6.07 Å². The number of amides is 4. The van der Waals surface area contributed by atoms with Crippen molar-refractivity contribution in [3.05, 3.63) is 47.5 Å². The van der Waals surface area contributed by atoms with Crippen molar-refractivity contribution in [2.24, 2.45) is 5.73 Å². The van der Waals surface area contributed by atoms with Gasteiger partial charge in [-0.1, -0.05) is 12.1 Å². The highest BCUT2D eigenvalue weighted by Crippen LogP contribution is 2.39. The third-order valence-electron chi connectivity index (χ3n) is 6.83. The van der Waals surface area contributed by atoms with Crippen LogP contribution in [0.5, 0.6) is 11.5 Å². The molecule has 42 heavy (non-hydrogen) atoms. The number of phenols is 1. The van der Waals surface area contributed by atoms with Gasteiger partial charge in [0.1, 0.15) is 42.8 Å². The summed E-state index contributed by atoms with van der Waals surface area (Å²) in [6.07, 6.45) is 0.163. The van der Waals surface area contributed by atoms with E-state index in [1.165, 1.54) is 24.9 Å². The van der Waals surface area contributed by atoms with Gasteiger partial charge in [-0.15, -0.1) is 0 Å². The van der Waals surface area contributed by atoms with E-state index in [0.29, 0.717) is 34.5 Å². The summed E-state index contributed by atoms with van der Waals surface area (Å²) in [4.78, 5) is 54.1. The highest BCUT2D eigenvalue weighted by molar-refractivity contribution is 5.95. The number of benzene rings is 2. The minimum Gasteiger partial charge on any atom is -0.507 e. The predicted octanol–water partition coefficient (Wildman–Crippen LogP) is -0.309. The summed E-state index contributed by atoms with van der Waals surface area (Å²) in [7, 11) is 3.20. The van der Waals surface area contributed by atoms with E-state index in [4.69, 9.17) is 15.7 Å². The Labute approximate surface area is 244 Å². The Kier molecular flexibility index (Phi) is 11.2. The first kappa shape index (κ1) is 31.9. The lowest BCUT2D eigenvalue weighted by molar-refractivity contribution is -0.140. The zero-order chi connectivity index (χ0) is 30.8. The van der Waals surface area contributed by atoms with Gasteiger partial charge in [0, 0.05) is 44.1 Å². The van der Waals surface area contributed by atoms with Crippen LogP contribution in [0.25, 0.3) is 11.1 Å². The Morgan fingerprint density at radius 2 is 1.93 bits per heavy atom. The molecule has 0 saturated carbocycles. The molecule has 2 aromatic rings. The number of phenolic OH excluding ortho intramolecular Hbond substituents is 1. The minimum atomic E-state index is -1.15. The number of aromatic hydroxyl groups is 1. The van der Waals surface area contributed by atoms with Gasteiger partial charge < -0.3 is 41.7 Å². The van der Waals surface area contributed by atoms with Crippen molar-refractivity contribution in [2.75, 3.05) is 40.3 Å². The molecule has 4 bridgehead atoms. The third-order valence-corrected chi connectivity index (χ3v) is 6.83. The van der Waals surface area contributed by atoms with Crippen molar-refractivity contribution < 1.29 is 29.0 Å². The number of nitrogens with zero attached hydrogens (tertiary/aromatic N) is 2. The quantitative estimate of drug-likeness (QED) is 0.216. The Hall–Kier alpha value is -4.67. The van der Waals surface area contributed by atoms with Crippen molar-refractivity contribution in [2.45, 2.75) is 37.9 Å². The molecule has 0 aliphatic carbocycles. The molecule has 224 valence electrons. The number of hydrogen-bond donors (Lipinski definition) is 6. The molecule has 1 aliphatic heterocycles. The lowest BCUT2D eigenvalue weighted by atomic mass is 9.93. The van der Waals surface area contributed by atoms with Crippen LogP contribution in [0.2, 0.25) is 0 Å². The zero-order valence-corrected chi connectivity index (χ0v) is 23.9. The number of likely N-dealkylation sites (N-methyl/N-ethyl adjacent to an activating group) is 1. The largest absolute Gasteiger partial charge is 0.507 e. The molecule has 4 amide bonds. The SMILES string of the molecule is CNCCC(=O)N(C)[C@@H]1C(=O)N[C@@H](C)C(=O)N[C@H](C(=O)NCC#N)Cc2ccc(OCCN)c(c2)-c2cc1ccc2O. The summed E-state index contributed by atoms with van der Waals surface area (Å²) in [5.41, 5.74) is 7.46. The van der Waals surface area contributed by atoms with Gasteiger partial charge in [-0.2, -0.15) is 5.26 Å². The van der Waals surface area contributed by atoms with Crippen molar-refractivity contribution in [3.8, 4) is 28.7 Å². The Morgan fingerprint density at radius 3 is 2.62 bits per heavy atom. The van der Waals surface area contributed by atoms with Crippen LogP contribution in [0.3, 0.4) is 0 Å². The van der Waals surface area contributed by atoms with E-state index < -0.39 is 35.8 Å². The van der Waals surface area contributed by atoms with Crippen molar-refractivity contribution in [1.82, 2.24) is 26.2 Å².